The van der Waals surface area contributed by atoms with E-state index < -0.39 is 16.1 Å². The number of nitrogens with one attached hydrogen (secondary N) is 1. The first-order valence-corrected chi connectivity index (χ1v) is 11.0. The number of carbonyl (C=O) groups is 1. The van der Waals surface area contributed by atoms with Gasteiger partial charge in [0.15, 0.2) is 0 Å². The standard InChI is InChI=1S/C20H23ClN2O4S/c1-2-27-17-10-8-16(9-11-17)22-20(24)19-5-3-4-14-23(19)28(25,26)18-12-6-15(21)7-13-18/h6-13,19H,2-5,14H2,1H3,(H,22,24). The molecule has 3 rings (SSSR count). The van der Waals surface area contributed by atoms with Gasteiger partial charge in [-0.2, -0.15) is 4.31 Å². The number of sulfonamides is 1. The summed E-state index contributed by atoms with van der Waals surface area (Å²) in [6.07, 6.45) is 2.00. The zero-order valence-electron chi connectivity index (χ0n) is 15.6. The Kier molecular flexibility index (Phi) is 6.59. The molecule has 1 heterocycles. The van der Waals surface area contributed by atoms with Gasteiger partial charge in [-0.15, -0.1) is 0 Å². The van der Waals surface area contributed by atoms with E-state index in [9.17, 15) is 13.2 Å². The van der Waals surface area contributed by atoms with Crippen molar-refractivity contribution in [2.45, 2.75) is 37.1 Å². The third kappa shape index (κ3) is 4.66. The molecule has 0 bridgehead atoms. The molecule has 0 aliphatic carbocycles. The molecule has 1 aliphatic rings. The van der Waals surface area contributed by atoms with Crippen LogP contribution in [0.2, 0.25) is 5.02 Å². The Bertz CT molecular complexity index is 914. The lowest BCUT2D eigenvalue weighted by atomic mass is 10.0. The Morgan fingerprint density at radius 1 is 1.14 bits per heavy atom. The van der Waals surface area contributed by atoms with Crippen molar-refractivity contribution in [2.75, 3.05) is 18.5 Å². The van der Waals surface area contributed by atoms with Crippen LogP contribution in [0.15, 0.2) is 53.4 Å². The van der Waals surface area contributed by atoms with E-state index in [0.29, 0.717) is 36.0 Å². The van der Waals surface area contributed by atoms with E-state index >= 15 is 0 Å². The number of anilines is 1. The number of hydrogen-bond acceptors (Lipinski definition) is 4. The van der Waals surface area contributed by atoms with Crippen LogP contribution in [-0.4, -0.2) is 37.8 Å². The Morgan fingerprint density at radius 3 is 2.46 bits per heavy atom. The molecule has 8 heteroatoms. The van der Waals surface area contributed by atoms with Gasteiger partial charge in [0.25, 0.3) is 0 Å². The molecule has 1 unspecified atom stereocenters. The summed E-state index contributed by atoms with van der Waals surface area (Å²) in [5.41, 5.74) is 0.600. The molecule has 0 saturated carbocycles. The van der Waals surface area contributed by atoms with E-state index in [4.69, 9.17) is 16.3 Å². The Balaban J connectivity index is 1.78. The first-order chi connectivity index (χ1) is 13.4. The second kappa shape index (κ2) is 8.94. The average molecular weight is 423 g/mol. The van der Waals surface area contributed by atoms with Crippen molar-refractivity contribution in [3.63, 3.8) is 0 Å². The monoisotopic (exact) mass is 422 g/mol. The second-order valence-corrected chi connectivity index (χ2v) is 8.85. The van der Waals surface area contributed by atoms with E-state index in [-0.39, 0.29) is 10.8 Å². The van der Waals surface area contributed by atoms with Gasteiger partial charge in [-0.3, -0.25) is 4.79 Å². The first-order valence-electron chi connectivity index (χ1n) is 9.23. The van der Waals surface area contributed by atoms with Crippen molar-refractivity contribution in [1.29, 1.82) is 0 Å². The van der Waals surface area contributed by atoms with E-state index in [0.717, 1.165) is 12.8 Å². The minimum absolute atomic E-state index is 0.137. The lowest BCUT2D eigenvalue weighted by molar-refractivity contribution is -0.120. The molecule has 1 fully saturated rings. The summed E-state index contributed by atoms with van der Waals surface area (Å²) >= 11 is 5.87. The van der Waals surface area contributed by atoms with Crippen molar-refractivity contribution in [3.8, 4) is 5.75 Å². The summed E-state index contributed by atoms with van der Waals surface area (Å²) in [5.74, 6) is 0.381. The molecule has 1 saturated heterocycles. The fourth-order valence-electron chi connectivity index (χ4n) is 3.22. The van der Waals surface area contributed by atoms with Crippen LogP contribution >= 0.6 is 11.6 Å². The van der Waals surface area contributed by atoms with Crippen LogP contribution in [0, 0.1) is 0 Å². The molecule has 1 aliphatic heterocycles. The largest absolute Gasteiger partial charge is 0.494 e. The molecular weight excluding hydrogens is 400 g/mol. The maximum Gasteiger partial charge on any atom is 0.243 e. The highest BCUT2D eigenvalue weighted by molar-refractivity contribution is 7.89. The Hall–Kier alpha value is -2.09. The molecule has 28 heavy (non-hydrogen) atoms. The number of hydrogen-bond donors (Lipinski definition) is 1. The van der Waals surface area contributed by atoms with Gasteiger partial charge < -0.3 is 10.1 Å². The van der Waals surface area contributed by atoms with Crippen LogP contribution in [0.5, 0.6) is 5.75 Å². The van der Waals surface area contributed by atoms with Crippen molar-refractivity contribution in [3.05, 3.63) is 53.6 Å². The quantitative estimate of drug-likeness (QED) is 0.765. The van der Waals surface area contributed by atoms with Gasteiger partial charge in [0.1, 0.15) is 11.8 Å². The van der Waals surface area contributed by atoms with Gasteiger partial charge in [-0.05, 0) is 68.3 Å². The molecule has 150 valence electrons. The molecular formula is C20H23ClN2O4S. The zero-order chi connectivity index (χ0) is 20.1. The lowest BCUT2D eigenvalue weighted by Crippen LogP contribution is -2.49. The summed E-state index contributed by atoms with van der Waals surface area (Å²) < 4.78 is 32.8. The van der Waals surface area contributed by atoms with Crippen LogP contribution in [0.1, 0.15) is 26.2 Å². The van der Waals surface area contributed by atoms with Crippen LogP contribution < -0.4 is 10.1 Å². The van der Waals surface area contributed by atoms with Gasteiger partial charge in [0, 0.05) is 17.3 Å². The lowest BCUT2D eigenvalue weighted by Gasteiger charge is -2.33. The van der Waals surface area contributed by atoms with Crippen LogP contribution in [-0.2, 0) is 14.8 Å². The Morgan fingerprint density at radius 2 is 1.82 bits per heavy atom. The number of benzene rings is 2. The molecule has 0 aromatic heterocycles. The normalized spacial score (nSPS) is 17.9. The van der Waals surface area contributed by atoms with Crippen molar-refractivity contribution in [2.24, 2.45) is 0 Å². The predicted molar refractivity (Wildman–Crippen MR) is 109 cm³/mol. The predicted octanol–water partition coefficient (Wildman–Crippen LogP) is 3.92. The van der Waals surface area contributed by atoms with Gasteiger partial charge in [0.2, 0.25) is 15.9 Å². The van der Waals surface area contributed by atoms with Gasteiger partial charge in [0.05, 0.1) is 11.5 Å². The highest BCUT2D eigenvalue weighted by atomic mass is 35.5. The Labute approximate surface area is 170 Å². The highest BCUT2D eigenvalue weighted by Gasteiger charge is 2.37. The maximum absolute atomic E-state index is 13.1. The third-order valence-corrected chi connectivity index (χ3v) is 6.78. The van der Waals surface area contributed by atoms with E-state index in [1.165, 1.54) is 28.6 Å². The molecule has 0 spiro atoms. The fraction of sp³-hybridized carbons (Fsp3) is 0.350. The number of ether oxygens (including phenoxy) is 1. The van der Waals surface area contributed by atoms with Crippen LogP contribution in [0.4, 0.5) is 5.69 Å². The fourth-order valence-corrected chi connectivity index (χ4v) is 5.01. The number of nitrogens with zero attached hydrogens (tertiary/aromatic N) is 1. The van der Waals surface area contributed by atoms with Crippen molar-refractivity contribution < 1.29 is 17.9 Å². The summed E-state index contributed by atoms with van der Waals surface area (Å²) in [6, 6.07) is 12.3. The number of rotatable bonds is 6. The third-order valence-electron chi connectivity index (χ3n) is 4.61. The minimum Gasteiger partial charge on any atom is -0.494 e. The van der Waals surface area contributed by atoms with Gasteiger partial charge in [-0.25, -0.2) is 8.42 Å². The average Bonchev–Trinajstić information content (AvgIpc) is 2.70. The van der Waals surface area contributed by atoms with E-state index in [1.807, 2.05) is 6.92 Å². The number of halogens is 1. The minimum atomic E-state index is -3.79. The molecule has 1 amide bonds. The maximum atomic E-state index is 13.1. The SMILES string of the molecule is CCOc1ccc(NC(=O)C2CCCCN2S(=O)(=O)c2ccc(Cl)cc2)cc1. The molecule has 1 N–H and O–H groups in total. The van der Waals surface area contributed by atoms with Crippen molar-refractivity contribution in [1.82, 2.24) is 4.31 Å². The zero-order valence-corrected chi connectivity index (χ0v) is 17.2. The van der Waals surface area contributed by atoms with Gasteiger partial charge >= 0.3 is 0 Å². The van der Waals surface area contributed by atoms with Crippen LogP contribution in [0.25, 0.3) is 0 Å². The first kappa shape index (κ1) is 20.6. The van der Waals surface area contributed by atoms with Crippen molar-refractivity contribution >= 4 is 33.2 Å². The number of carbonyl (C=O) groups excluding carboxylic acids is 1. The van der Waals surface area contributed by atoms with E-state index in [2.05, 4.69) is 5.32 Å². The molecule has 6 nitrogen and oxygen atoms in total. The summed E-state index contributed by atoms with van der Waals surface area (Å²) in [6.45, 7) is 2.77. The number of piperidine rings is 1. The van der Waals surface area contributed by atoms with E-state index in [1.54, 1.807) is 24.3 Å². The van der Waals surface area contributed by atoms with Crippen LogP contribution in [0.3, 0.4) is 0 Å². The topological polar surface area (TPSA) is 75.7 Å². The smallest absolute Gasteiger partial charge is 0.243 e. The van der Waals surface area contributed by atoms with Gasteiger partial charge in [-0.1, -0.05) is 18.0 Å². The summed E-state index contributed by atoms with van der Waals surface area (Å²) in [4.78, 5) is 13.0. The highest BCUT2D eigenvalue weighted by Crippen LogP contribution is 2.27. The number of amides is 1. The summed E-state index contributed by atoms with van der Waals surface area (Å²) in [7, 11) is -3.79. The molecule has 2 aromatic carbocycles. The molecule has 2 aromatic rings. The molecule has 1 atom stereocenters. The second-order valence-electron chi connectivity index (χ2n) is 6.53. The summed E-state index contributed by atoms with van der Waals surface area (Å²) in [5, 5.41) is 3.28. The molecule has 0 radical (unpaired) electrons.